The van der Waals surface area contributed by atoms with Gasteiger partial charge in [0.2, 0.25) is 0 Å². The van der Waals surface area contributed by atoms with Crippen molar-refractivity contribution in [1.29, 1.82) is 0 Å². The monoisotopic (exact) mass is 237 g/mol. The summed E-state index contributed by atoms with van der Waals surface area (Å²) in [7, 11) is 0. The molecule has 1 aromatic rings. The lowest BCUT2D eigenvalue weighted by molar-refractivity contribution is -0.139. The second kappa shape index (κ2) is 4.53. The zero-order valence-electron chi connectivity index (χ0n) is 9.02. The first kappa shape index (κ1) is 11.6. The molecule has 4 nitrogen and oxygen atoms in total. The van der Waals surface area contributed by atoms with E-state index < -0.39 is 23.7 Å². The molecule has 0 bridgehead atoms. The summed E-state index contributed by atoms with van der Waals surface area (Å²) >= 11 is 0. The maximum Gasteiger partial charge on any atom is 0.326 e. The molecule has 2 N–H and O–H groups in total. The molecule has 1 amide bonds. The summed E-state index contributed by atoms with van der Waals surface area (Å²) in [5.41, 5.74) is -0.126. The Morgan fingerprint density at radius 3 is 2.53 bits per heavy atom. The first-order valence-corrected chi connectivity index (χ1v) is 5.38. The van der Waals surface area contributed by atoms with Gasteiger partial charge in [-0.05, 0) is 30.9 Å². The van der Waals surface area contributed by atoms with Crippen LogP contribution in [-0.4, -0.2) is 23.0 Å². The van der Waals surface area contributed by atoms with E-state index in [-0.39, 0.29) is 11.5 Å². The number of benzene rings is 1. The van der Waals surface area contributed by atoms with Gasteiger partial charge in [0.1, 0.15) is 11.9 Å². The molecule has 1 aliphatic carbocycles. The summed E-state index contributed by atoms with van der Waals surface area (Å²) in [5, 5.41) is 11.3. The van der Waals surface area contributed by atoms with Gasteiger partial charge in [0.15, 0.2) is 0 Å². The highest BCUT2D eigenvalue weighted by Crippen LogP contribution is 2.32. The van der Waals surface area contributed by atoms with E-state index in [1.165, 1.54) is 24.3 Å². The van der Waals surface area contributed by atoms with Gasteiger partial charge < -0.3 is 10.4 Å². The van der Waals surface area contributed by atoms with Gasteiger partial charge in [0.05, 0.1) is 5.56 Å². The van der Waals surface area contributed by atoms with Gasteiger partial charge in [-0.2, -0.15) is 0 Å². The molecule has 0 saturated heterocycles. The Labute approximate surface area is 97.4 Å². The fraction of sp³-hybridized carbons (Fsp3) is 0.333. The van der Waals surface area contributed by atoms with E-state index in [1.54, 1.807) is 0 Å². The smallest absolute Gasteiger partial charge is 0.326 e. The quantitative estimate of drug-likeness (QED) is 0.832. The maximum atomic E-state index is 13.3. The number of carbonyl (C=O) groups is 2. The van der Waals surface area contributed by atoms with Gasteiger partial charge in [0, 0.05) is 0 Å². The van der Waals surface area contributed by atoms with Crippen molar-refractivity contribution >= 4 is 11.9 Å². The number of amides is 1. The van der Waals surface area contributed by atoms with Gasteiger partial charge in [-0.1, -0.05) is 12.1 Å². The third-order valence-corrected chi connectivity index (χ3v) is 2.76. The molecule has 17 heavy (non-hydrogen) atoms. The Balaban J connectivity index is 2.10. The summed E-state index contributed by atoms with van der Waals surface area (Å²) < 4.78 is 13.3. The van der Waals surface area contributed by atoms with Crippen molar-refractivity contribution in [2.45, 2.75) is 18.9 Å². The van der Waals surface area contributed by atoms with Gasteiger partial charge in [0.25, 0.3) is 5.91 Å². The van der Waals surface area contributed by atoms with Gasteiger partial charge >= 0.3 is 5.97 Å². The second-order valence-corrected chi connectivity index (χ2v) is 4.11. The van der Waals surface area contributed by atoms with Crippen LogP contribution in [0.15, 0.2) is 24.3 Å². The van der Waals surface area contributed by atoms with Crippen molar-refractivity contribution in [3.05, 3.63) is 35.6 Å². The number of carboxylic acids is 1. The second-order valence-electron chi connectivity index (χ2n) is 4.11. The van der Waals surface area contributed by atoms with Crippen molar-refractivity contribution in [2.24, 2.45) is 5.92 Å². The largest absolute Gasteiger partial charge is 0.480 e. The molecule has 1 unspecified atom stereocenters. The molecule has 1 saturated carbocycles. The molecular formula is C12H12FNO3. The van der Waals surface area contributed by atoms with Crippen molar-refractivity contribution in [3.63, 3.8) is 0 Å². The molecule has 0 radical (unpaired) electrons. The minimum Gasteiger partial charge on any atom is -0.480 e. The molecule has 0 heterocycles. The Kier molecular flexibility index (Phi) is 3.08. The lowest BCUT2D eigenvalue weighted by Crippen LogP contribution is -2.42. The molecule has 0 spiro atoms. The highest BCUT2D eigenvalue weighted by atomic mass is 19.1. The predicted molar refractivity (Wildman–Crippen MR) is 58.0 cm³/mol. The van der Waals surface area contributed by atoms with Crippen molar-refractivity contribution < 1.29 is 19.1 Å². The Bertz CT molecular complexity index is 457. The van der Waals surface area contributed by atoms with Crippen LogP contribution in [0.4, 0.5) is 4.39 Å². The zero-order valence-corrected chi connectivity index (χ0v) is 9.02. The van der Waals surface area contributed by atoms with Crippen LogP contribution < -0.4 is 5.32 Å². The third kappa shape index (κ3) is 2.61. The number of nitrogens with one attached hydrogen (secondary N) is 1. The highest BCUT2D eigenvalue weighted by molar-refractivity contribution is 5.96. The van der Waals surface area contributed by atoms with Crippen LogP contribution in [0.25, 0.3) is 0 Å². The van der Waals surface area contributed by atoms with E-state index in [2.05, 4.69) is 5.32 Å². The van der Waals surface area contributed by atoms with E-state index in [9.17, 15) is 14.0 Å². The third-order valence-electron chi connectivity index (χ3n) is 2.76. The molecule has 0 aliphatic heterocycles. The normalized spacial score (nSPS) is 16.3. The van der Waals surface area contributed by atoms with Gasteiger partial charge in [-0.15, -0.1) is 0 Å². The number of rotatable bonds is 4. The number of halogens is 1. The van der Waals surface area contributed by atoms with Crippen molar-refractivity contribution in [2.75, 3.05) is 0 Å². The summed E-state index contributed by atoms with van der Waals surface area (Å²) in [6, 6.07) is 4.59. The summed E-state index contributed by atoms with van der Waals surface area (Å²) in [6.45, 7) is 0. The zero-order chi connectivity index (χ0) is 12.4. The average molecular weight is 237 g/mol. The lowest BCUT2D eigenvalue weighted by atomic mass is 10.1. The Morgan fingerprint density at radius 2 is 2.00 bits per heavy atom. The summed E-state index contributed by atoms with van der Waals surface area (Å²) in [5.74, 6) is -2.42. The number of aliphatic carboxylic acids is 1. The minimum absolute atomic E-state index is 0.0248. The molecule has 5 heteroatoms. The van der Waals surface area contributed by atoms with E-state index in [4.69, 9.17) is 5.11 Å². The molecule has 1 atom stereocenters. The topological polar surface area (TPSA) is 66.4 Å². The fourth-order valence-corrected chi connectivity index (χ4v) is 1.68. The SMILES string of the molecule is O=C(NC(C(=O)O)C1CC1)c1ccccc1F. The van der Waals surface area contributed by atoms with Gasteiger partial charge in [-0.25, -0.2) is 9.18 Å². The van der Waals surface area contributed by atoms with E-state index >= 15 is 0 Å². The molecular weight excluding hydrogens is 225 g/mol. The predicted octanol–water partition coefficient (Wildman–Crippen LogP) is 1.42. The van der Waals surface area contributed by atoms with Crippen LogP contribution in [0.5, 0.6) is 0 Å². The average Bonchev–Trinajstić information content (AvgIpc) is 3.09. The van der Waals surface area contributed by atoms with Crippen LogP contribution in [0.1, 0.15) is 23.2 Å². The molecule has 2 rings (SSSR count). The molecule has 0 aromatic heterocycles. The van der Waals surface area contributed by atoms with Crippen molar-refractivity contribution in [1.82, 2.24) is 5.32 Å². The van der Waals surface area contributed by atoms with Crippen LogP contribution >= 0.6 is 0 Å². The van der Waals surface area contributed by atoms with E-state index in [1.807, 2.05) is 0 Å². The van der Waals surface area contributed by atoms with E-state index in [0.29, 0.717) is 0 Å². The first-order valence-electron chi connectivity index (χ1n) is 5.38. The molecule has 1 fully saturated rings. The minimum atomic E-state index is -1.07. The molecule has 1 aromatic carbocycles. The lowest BCUT2D eigenvalue weighted by Gasteiger charge is -2.13. The van der Waals surface area contributed by atoms with Crippen LogP contribution in [-0.2, 0) is 4.79 Å². The Hall–Kier alpha value is -1.91. The number of hydrogen-bond donors (Lipinski definition) is 2. The van der Waals surface area contributed by atoms with E-state index in [0.717, 1.165) is 12.8 Å². The van der Waals surface area contributed by atoms with Crippen LogP contribution in [0.2, 0.25) is 0 Å². The fourth-order valence-electron chi connectivity index (χ4n) is 1.68. The summed E-state index contributed by atoms with van der Waals surface area (Å²) in [4.78, 5) is 22.6. The highest BCUT2D eigenvalue weighted by Gasteiger charge is 2.37. The maximum absolute atomic E-state index is 13.3. The number of hydrogen-bond acceptors (Lipinski definition) is 2. The summed E-state index contributed by atoms with van der Waals surface area (Å²) in [6.07, 6.45) is 1.57. The number of carboxylic acid groups (broad SMARTS) is 1. The molecule has 90 valence electrons. The van der Waals surface area contributed by atoms with Gasteiger partial charge in [-0.3, -0.25) is 4.79 Å². The van der Waals surface area contributed by atoms with Crippen LogP contribution in [0.3, 0.4) is 0 Å². The number of carbonyl (C=O) groups excluding carboxylic acids is 1. The van der Waals surface area contributed by atoms with Crippen molar-refractivity contribution in [3.8, 4) is 0 Å². The molecule has 1 aliphatic rings. The first-order chi connectivity index (χ1) is 8.09. The van der Waals surface area contributed by atoms with Crippen LogP contribution in [0, 0.1) is 11.7 Å². The standard InChI is InChI=1S/C12H12FNO3/c13-9-4-2-1-3-8(9)11(15)14-10(12(16)17)7-5-6-7/h1-4,7,10H,5-6H2,(H,14,15)(H,16,17). The Morgan fingerprint density at radius 1 is 1.35 bits per heavy atom.